The van der Waals surface area contributed by atoms with Crippen LogP contribution in [-0.4, -0.2) is 45.0 Å². The van der Waals surface area contributed by atoms with Crippen molar-refractivity contribution >= 4 is 26.3 Å². The zero-order valence-electron chi connectivity index (χ0n) is 37.0. The minimum absolute atomic E-state index is 0. The summed E-state index contributed by atoms with van der Waals surface area (Å²) in [4.78, 5) is 13.3. The topological polar surface area (TPSA) is 72.9 Å². The van der Waals surface area contributed by atoms with E-state index in [1.807, 2.05) is 70.3 Å². The van der Waals surface area contributed by atoms with Gasteiger partial charge in [-0.1, -0.05) is 108 Å². The number of hydrogen-bond acceptors (Lipinski definition) is 4. The van der Waals surface area contributed by atoms with Crippen molar-refractivity contribution in [3.8, 4) is 11.4 Å². The molecule has 4 aromatic carbocycles. The van der Waals surface area contributed by atoms with Gasteiger partial charge in [0.05, 0.1) is 41.3 Å². The van der Waals surface area contributed by atoms with Crippen molar-refractivity contribution in [3.63, 3.8) is 0 Å². The van der Waals surface area contributed by atoms with E-state index in [0.717, 1.165) is 85.3 Å². The second-order valence-electron chi connectivity index (χ2n) is 17.7. The van der Waals surface area contributed by atoms with Gasteiger partial charge in [0.15, 0.2) is 0 Å². The first-order valence-electron chi connectivity index (χ1n) is 21.5. The van der Waals surface area contributed by atoms with Crippen molar-refractivity contribution in [3.05, 3.63) is 178 Å². The Bertz CT molecular complexity index is 2560. The summed E-state index contributed by atoms with van der Waals surface area (Å²) in [5.41, 5.74) is 11.0. The molecule has 0 amide bonds. The first kappa shape index (κ1) is 53.0. The normalized spacial score (nSPS) is 21.6. The van der Waals surface area contributed by atoms with E-state index in [1.54, 1.807) is 24.3 Å². The number of carbonyl (C=O) groups is 1. The van der Waals surface area contributed by atoms with Crippen LogP contribution in [0.2, 0.25) is 0 Å². The van der Waals surface area contributed by atoms with Gasteiger partial charge in [-0.15, -0.1) is 0 Å². The zero-order chi connectivity index (χ0) is 41.4. The molecule has 2 saturated carbocycles. The number of benzene rings is 4. The number of aliphatic hydroxyl groups excluding tert-OH is 1. The molecular weight excluding hydrogens is 820 g/mol. The van der Waals surface area contributed by atoms with Crippen molar-refractivity contribution < 1.29 is 49.7 Å². The van der Waals surface area contributed by atoms with Gasteiger partial charge in [-0.3, -0.25) is 4.79 Å². The third-order valence-corrected chi connectivity index (χ3v) is 14.0. The number of halogens is 2. The molecule has 2 fully saturated rings. The Hall–Kier alpha value is -4.67. The Labute approximate surface area is 411 Å². The summed E-state index contributed by atoms with van der Waals surface area (Å²) >= 11 is 0. The predicted octanol–water partition coefficient (Wildman–Crippen LogP) is 9.57. The number of ketones is 1. The number of aromatic nitrogens is 4. The quantitative estimate of drug-likeness (QED) is 0.155. The van der Waals surface area contributed by atoms with E-state index >= 15 is 0 Å². The van der Waals surface area contributed by atoms with E-state index in [0.29, 0.717) is 18.6 Å². The second-order valence-corrected chi connectivity index (χ2v) is 17.7. The standard InChI is InChI=1S/C26H27FN2O.C26H25FN2O.3CH4.B.Na.H/c2*1-26-16-19-17-28-29(22-12-10-21(27)11-13-22)24(19)15-20(26)8-5-9-23(26)25(30)14-18-6-3-2-4-7-18;;;;;;/h2-4,6-7,10-13,15,17,23,25,30H,5,8-9,14,16H2,1H3;2-4,6-7,10-13,15,17,23H,5,8-9,14,16H2,1H3;3*1H4;;;/q;;;;;;+1;-1/t23-,25-,26+;23-,26+;;;;;;/m11....../s1. The average molecular weight is 886 g/mol. The van der Waals surface area contributed by atoms with Crippen molar-refractivity contribution in [2.45, 2.75) is 106 Å². The Morgan fingerprint density at radius 3 is 1.65 bits per heavy atom. The molecule has 0 spiro atoms. The molecule has 5 atom stereocenters. The molecule has 0 aliphatic heterocycles. The van der Waals surface area contributed by atoms with Crippen LogP contribution < -0.4 is 29.6 Å². The molecule has 2 aromatic heterocycles. The molecule has 6 nitrogen and oxygen atoms in total. The van der Waals surface area contributed by atoms with Crippen molar-refractivity contribution in [1.29, 1.82) is 0 Å². The van der Waals surface area contributed by atoms with Gasteiger partial charge in [0.2, 0.25) is 0 Å². The van der Waals surface area contributed by atoms with Gasteiger partial charge < -0.3 is 6.53 Å². The number of Topliss-reactive ketones (excluding diaryl/α,β-unsaturated/α-hetero) is 1. The summed E-state index contributed by atoms with van der Waals surface area (Å²) in [6, 6.07) is 33.2. The predicted molar refractivity (Wildman–Crippen MR) is 260 cm³/mol. The summed E-state index contributed by atoms with van der Waals surface area (Å²) in [5, 5.41) is 20.4. The summed E-state index contributed by atoms with van der Waals surface area (Å²) < 4.78 is 30.5. The molecule has 4 aliphatic rings. The van der Waals surface area contributed by atoms with Gasteiger partial charge in [0, 0.05) is 26.2 Å². The molecule has 6 aromatic rings. The Morgan fingerprint density at radius 1 is 0.692 bits per heavy atom. The van der Waals surface area contributed by atoms with E-state index in [4.69, 9.17) is 0 Å². The van der Waals surface area contributed by atoms with Crippen LogP contribution in [-0.2, 0) is 30.5 Å². The fourth-order valence-corrected chi connectivity index (χ4v) is 10.7. The van der Waals surface area contributed by atoms with Crippen molar-refractivity contribution in [2.24, 2.45) is 22.7 Å². The molecule has 0 saturated heterocycles. The van der Waals surface area contributed by atoms with E-state index in [9.17, 15) is 18.7 Å². The van der Waals surface area contributed by atoms with Crippen LogP contribution in [0.15, 0.2) is 133 Å². The second kappa shape index (κ2) is 22.2. The number of allylic oxidation sites excluding steroid dienone is 2. The van der Waals surface area contributed by atoms with Crippen LogP contribution in [0, 0.1) is 34.3 Å². The third-order valence-electron chi connectivity index (χ3n) is 14.0. The summed E-state index contributed by atoms with van der Waals surface area (Å²) in [6.07, 6.45) is 17.1. The molecule has 10 rings (SSSR count). The van der Waals surface area contributed by atoms with Gasteiger partial charge in [-0.2, -0.15) is 10.2 Å². The number of aliphatic hydroxyl groups is 1. The van der Waals surface area contributed by atoms with Crippen LogP contribution >= 0.6 is 0 Å². The summed E-state index contributed by atoms with van der Waals surface area (Å²) in [7, 11) is 0. The molecule has 0 bridgehead atoms. The van der Waals surface area contributed by atoms with E-state index in [-0.39, 0.29) is 102 Å². The zero-order valence-corrected chi connectivity index (χ0v) is 38.0. The minimum Gasteiger partial charge on any atom is -1.00 e. The van der Waals surface area contributed by atoms with Crippen LogP contribution in [0.1, 0.15) is 110 Å². The smallest absolute Gasteiger partial charge is 1.00 e. The van der Waals surface area contributed by atoms with Crippen LogP contribution in [0.4, 0.5) is 8.78 Å². The first-order chi connectivity index (χ1) is 29.1. The van der Waals surface area contributed by atoms with Gasteiger partial charge in [0.25, 0.3) is 0 Å². The number of carbonyl (C=O) groups excluding carboxylic acids is 1. The van der Waals surface area contributed by atoms with Crippen molar-refractivity contribution in [2.75, 3.05) is 0 Å². The number of hydrogen-bond donors (Lipinski definition) is 1. The van der Waals surface area contributed by atoms with Crippen molar-refractivity contribution in [1.82, 2.24) is 19.6 Å². The first-order valence-corrected chi connectivity index (χ1v) is 21.5. The van der Waals surface area contributed by atoms with Crippen LogP contribution in [0.5, 0.6) is 0 Å². The molecule has 65 heavy (non-hydrogen) atoms. The van der Waals surface area contributed by atoms with Gasteiger partial charge in [0.1, 0.15) is 17.4 Å². The maximum atomic E-state index is 13.3. The monoisotopic (exact) mass is 886 g/mol. The molecular formula is C55H65BF2N4NaO2. The fraction of sp³-hybridized carbons (Fsp3) is 0.364. The number of rotatable bonds is 8. The fourth-order valence-electron chi connectivity index (χ4n) is 10.7. The molecule has 0 unspecified atom stereocenters. The van der Waals surface area contributed by atoms with Gasteiger partial charge in [-0.25, -0.2) is 18.1 Å². The summed E-state index contributed by atoms with van der Waals surface area (Å²) in [6.45, 7) is 4.57. The largest absolute Gasteiger partial charge is 1.00 e. The maximum Gasteiger partial charge on any atom is 1.00 e. The molecule has 335 valence electrons. The molecule has 2 heterocycles. The van der Waals surface area contributed by atoms with Crippen LogP contribution in [0.25, 0.3) is 23.5 Å². The molecule has 3 radical (unpaired) electrons. The van der Waals surface area contributed by atoms with E-state index in [2.05, 4.69) is 48.3 Å². The third kappa shape index (κ3) is 10.6. The Balaban J connectivity index is 0.000000321. The van der Waals surface area contributed by atoms with E-state index in [1.165, 1.54) is 46.5 Å². The van der Waals surface area contributed by atoms with E-state index < -0.39 is 0 Å². The SMILES string of the molecule is C.C.C.C[C@]12Cc3cnn(-c4ccc(F)cc4)c3C=C1CCC[C@@H]2C(=O)Cc1ccccc1.C[C@]12Cc3cnn(-c4ccc(F)cc4)c3C=C1CCC[C@@H]2[C@H](O)Cc1ccccc1.[B].[H-].[Na+]. The minimum atomic E-state index is -0.366. The van der Waals surface area contributed by atoms with Gasteiger partial charge >= 0.3 is 29.6 Å². The molecule has 10 heteroatoms. The molecule has 4 aliphatic carbocycles. The Morgan fingerprint density at radius 2 is 1.14 bits per heavy atom. The molecule has 1 N–H and O–H groups in total. The number of nitrogens with zero attached hydrogens (tertiary/aromatic N) is 4. The van der Waals surface area contributed by atoms with Crippen LogP contribution in [0.3, 0.4) is 0 Å². The Kier molecular flexibility index (Phi) is 18.1. The maximum absolute atomic E-state index is 13.3. The summed E-state index contributed by atoms with van der Waals surface area (Å²) in [5.74, 6) is 0.0923. The number of fused-ring (bicyclic) bond motifs is 4. The van der Waals surface area contributed by atoms with Gasteiger partial charge in [-0.05, 0) is 152 Å². The average Bonchev–Trinajstić information content (AvgIpc) is 3.85.